The molecule has 90 valence electrons. The first-order valence-electron chi connectivity index (χ1n) is 5.21. The molecule has 1 unspecified atom stereocenters. The number of hydrogen-bond acceptors (Lipinski definition) is 4. The molecule has 4 nitrogen and oxygen atoms in total. The van der Waals surface area contributed by atoms with Gasteiger partial charge in [-0.2, -0.15) is 0 Å². The van der Waals surface area contributed by atoms with Gasteiger partial charge in [0.15, 0.2) is 4.88 Å². The first-order valence-corrected chi connectivity index (χ1v) is 6.03. The molecule has 0 saturated heterocycles. The summed E-state index contributed by atoms with van der Waals surface area (Å²) in [5.74, 6) is -0.616. The monoisotopic (exact) mass is 244 g/mol. The average molecular weight is 244 g/mol. The first kappa shape index (κ1) is 13.0. The van der Waals surface area contributed by atoms with Crippen molar-refractivity contribution in [3.8, 4) is 5.75 Å². The number of aromatic carboxylic acids is 1. The van der Waals surface area contributed by atoms with Crippen molar-refractivity contribution in [2.75, 3.05) is 6.61 Å². The lowest BCUT2D eigenvalue weighted by Gasteiger charge is -2.06. The van der Waals surface area contributed by atoms with E-state index in [1.165, 1.54) is 11.3 Å². The highest BCUT2D eigenvalue weighted by Crippen LogP contribution is 2.30. The van der Waals surface area contributed by atoms with Crippen molar-refractivity contribution < 1.29 is 19.7 Å². The van der Waals surface area contributed by atoms with E-state index in [4.69, 9.17) is 14.9 Å². The van der Waals surface area contributed by atoms with Crippen LogP contribution in [0.4, 0.5) is 0 Å². The quantitative estimate of drug-likeness (QED) is 0.804. The molecule has 0 saturated carbocycles. The molecule has 0 aliphatic heterocycles. The molecule has 1 rings (SSSR count). The normalized spacial score (nSPS) is 12.4. The lowest BCUT2D eigenvalue weighted by Crippen LogP contribution is -2.13. The Balaban J connectivity index is 2.82. The van der Waals surface area contributed by atoms with Crippen molar-refractivity contribution in [1.29, 1.82) is 0 Å². The van der Waals surface area contributed by atoms with Crippen molar-refractivity contribution in [2.45, 2.75) is 32.8 Å². The number of rotatable bonds is 6. The largest absolute Gasteiger partial charge is 0.489 e. The van der Waals surface area contributed by atoms with Gasteiger partial charge in [0.05, 0.1) is 6.10 Å². The van der Waals surface area contributed by atoms with Crippen LogP contribution in [-0.2, 0) is 6.42 Å². The molecule has 0 aromatic carbocycles. The maximum atomic E-state index is 11.0. The number of ether oxygens (including phenoxy) is 1. The Labute approximate surface area is 98.5 Å². The molecule has 0 spiro atoms. The minimum absolute atomic E-state index is 0.114. The Morgan fingerprint density at radius 2 is 2.31 bits per heavy atom. The molecule has 0 fully saturated rings. The fourth-order valence-electron chi connectivity index (χ4n) is 1.26. The third-order valence-electron chi connectivity index (χ3n) is 1.92. The van der Waals surface area contributed by atoms with E-state index in [0.717, 1.165) is 17.7 Å². The molecule has 2 N–H and O–H groups in total. The molecule has 1 atom stereocenters. The summed E-state index contributed by atoms with van der Waals surface area (Å²) in [5.41, 5.74) is 0. The summed E-state index contributed by atoms with van der Waals surface area (Å²) in [6.45, 7) is 3.75. The smallest absolute Gasteiger partial charge is 0.349 e. The summed E-state index contributed by atoms with van der Waals surface area (Å²) in [6, 6.07) is 1.75. The molecule has 5 heteroatoms. The maximum Gasteiger partial charge on any atom is 0.349 e. The van der Waals surface area contributed by atoms with E-state index in [9.17, 15) is 4.79 Å². The maximum absolute atomic E-state index is 11.0. The summed E-state index contributed by atoms with van der Waals surface area (Å²) >= 11 is 1.24. The number of carbonyl (C=O) groups is 1. The van der Waals surface area contributed by atoms with Crippen LogP contribution in [0, 0.1) is 0 Å². The average Bonchev–Trinajstić information content (AvgIpc) is 2.59. The third kappa shape index (κ3) is 3.50. The standard InChI is InChI=1S/C11H16O4S/c1-3-4-8-5-9(15-6-7(2)12)10(16-8)11(13)14/h5,7,12H,3-4,6H2,1-2H3,(H,13,14). The molecule has 0 bridgehead atoms. The van der Waals surface area contributed by atoms with E-state index < -0.39 is 12.1 Å². The van der Waals surface area contributed by atoms with Gasteiger partial charge in [-0.25, -0.2) is 4.79 Å². The van der Waals surface area contributed by atoms with Gasteiger partial charge in [-0.05, 0) is 19.4 Å². The van der Waals surface area contributed by atoms with Crippen LogP contribution in [0.15, 0.2) is 6.07 Å². The summed E-state index contributed by atoms with van der Waals surface area (Å²) in [6.07, 6.45) is 1.22. The Kier molecular flexibility index (Phi) is 4.76. The zero-order valence-corrected chi connectivity index (χ0v) is 10.2. The van der Waals surface area contributed by atoms with Crippen LogP contribution in [0.5, 0.6) is 5.75 Å². The van der Waals surface area contributed by atoms with Crippen LogP contribution in [0.25, 0.3) is 0 Å². The predicted octanol–water partition coefficient (Wildman–Crippen LogP) is 2.16. The van der Waals surface area contributed by atoms with Gasteiger partial charge in [0.2, 0.25) is 0 Å². The van der Waals surface area contributed by atoms with Crippen molar-refractivity contribution in [2.24, 2.45) is 0 Å². The van der Waals surface area contributed by atoms with Crippen LogP contribution in [0.1, 0.15) is 34.8 Å². The Morgan fingerprint density at radius 3 is 2.81 bits per heavy atom. The number of carboxylic acid groups (broad SMARTS) is 1. The fraction of sp³-hybridized carbons (Fsp3) is 0.545. The summed E-state index contributed by atoms with van der Waals surface area (Å²) in [5, 5.41) is 18.1. The SMILES string of the molecule is CCCc1cc(OCC(C)O)c(C(=O)O)s1. The second kappa shape index (κ2) is 5.86. The van der Waals surface area contributed by atoms with Gasteiger partial charge in [0, 0.05) is 4.88 Å². The predicted molar refractivity (Wildman–Crippen MR) is 62.4 cm³/mol. The molecule has 0 amide bonds. The minimum Gasteiger partial charge on any atom is -0.489 e. The highest BCUT2D eigenvalue weighted by atomic mass is 32.1. The summed E-state index contributed by atoms with van der Waals surface area (Å²) in [4.78, 5) is 12.2. The number of hydrogen-bond donors (Lipinski definition) is 2. The van der Waals surface area contributed by atoms with Crippen molar-refractivity contribution >= 4 is 17.3 Å². The first-order chi connectivity index (χ1) is 7.54. The van der Waals surface area contributed by atoms with Crippen LogP contribution in [0.2, 0.25) is 0 Å². The van der Waals surface area contributed by atoms with E-state index in [2.05, 4.69) is 0 Å². The zero-order valence-electron chi connectivity index (χ0n) is 9.40. The number of carboxylic acids is 1. The van der Waals surface area contributed by atoms with Gasteiger partial charge in [-0.15, -0.1) is 11.3 Å². The molecule has 0 radical (unpaired) electrons. The zero-order chi connectivity index (χ0) is 12.1. The summed E-state index contributed by atoms with van der Waals surface area (Å²) < 4.78 is 5.27. The van der Waals surface area contributed by atoms with Crippen LogP contribution < -0.4 is 4.74 Å². The van der Waals surface area contributed by atoms with Gasteiger partial charge in [0.25, 0.3) is 0 Å². The van der Waals surface area contributed by atoms with E-state index in [0.29, 0.717) is 5.75 Å². The Hall–Kier alpha value is -1.07. The van der Waals surface area contributed by atoms with Gasteiger partial charge in [-0.3, -0.25) is 0 Å². The third-order valence-corrected chi connectivity index (χ3v) is 3.08. The topological polar surface area (TPSA) is 66.8 Å². The molecule has 1 aromatic heterocycles. The molecule has 16 heavy (non-hydrogen) atoms. The molecule has 0 aliphatic carbocycles. The second-order valence-electron chi connectivity index (χ2n) is 3.62. The van der Waals surface area contributed by atoms with Gasteiger partial charge < -0.3 is 14.9 Å². The molecule has 1 heterocycles. The fourth-order valence-corrected chi connectivity index (χ4v) is 2.30. The number of aliphatic hydroxyl groups excluding tert-OH is 1. The summed E-state index contributed by atoms with van der Waals surface area (Å²) in [7, 11) is 0. The van der Waals surface area contributed by atoms with Crippen molar-refractivity contribution in [1.82, 2.24) is 0 Å². The van der Waals surface area contributed by atoms with Gasteiger partial charge in [-0.1, -0.05) is 13.3 Å². The van der Waals surface area contributed by atoms with E-state index >= 15 is 0 Å². The van der Waals surface area contributed by atoms with Gasteiger partial charge in [0.1, 0.15) is 12.4 Å². The lowest BCUT2D eigenvalue weighted by atomic mass is 10.3. The molecule has 0 aliphatic rings. The number of aliphatic hydroxyl groups is 1. The van der Waals surface area contributed by atoms with E-state index in [1.54, 1.807) is 13.0 Å². The van der Waals surface area contributed by atoms with E-state index in [-0.39, 0.29) is 11.5 Å². The van der Waals surface area contributed by atoms with Crippen LogP contribution in [-0.4, -0.2) is 28.9 Å². The highest BCUT2D eigenvalue weighted by Gasteiger charge is 2.16. The second-order valence-corrected chi connectivity index (χ2v) is 4.76. The lowest BCUT2D eigenvalue weighted by molar-refractivity contribution is 0.0692. The Morgan fingerprint density at radius 1 is 1.62 bits per heavy atom. The molecular weight excluding hydrogens is 228 g/mol. The molecular formula is C11H16O4S. The number of aryl methyl sites for hydroxylation is 1. The number of thiophene rings is 1. The van der Waals surface area contributed by atoms with Gasteiger partial charge >= 0.3 is 5.97 Å². The minimum atomic E-state index is -0.979. The highest BCUT2D eigenvalue weighted by molar-refractivity contribution is 7.14. The Bertz CT molecular complexity index is 357. The van der Waals surface area contributed by atoms with Crippen LogP contribution >= 0.6 is 11.3 Å². The van der Waals surface area contributed by atoms with Crippen molar-refractivity contribution in [3.05, 3.63) is 15.8 Å². The van der Waals surface area contributed by atoms with Crippen molar-refractivity contribution in [3.63, 3.8) is 0 Å². The van der Waals surface area contributed by atoms with E-state index in [1.807, 2.05) is 6.92 Å². The van der Waals surface area contributed by atoms with Crippen LogP contribution in [0.3, 0.4) is 0 Å². The molecule has 1 aromatic rings.